The van der Waals surface area contributed by atoms with Gasteiger partial charge in [0.15, 0.2) is 0 Å². The Kier molecular flexibility index (Phi) is 7.56. The van der Waals surface area contributed by atoms with E-state index in [1.54, 1.807) is 18.0 Å². The predicted molar refractivity (Wildman–Crippen MR) is 105 cm³/mol. The zero-order chi connectivity index (χ0) is 18.1. The number of hydrazone groups is 1. The van der Waals surface area contributed by atoms with Gasteiger partial charge in [-0.1, -0.05) is 12.1 Å². The highest BCUT2D eigenvalue weighted by Gasteiger charge is 2.03. The number of ether oxygens (including phenoxy) is 1. The molecule has 1 heterocycles. The van der Waals surface area contributed by atoms with Crippen molar-refractivity contribution < 1.29 is 4.74 Å². The summed E-state index contributed by atoms with van der Waals surface area (Å²) in [5.74, 6) is 1.43. The molecule has 0 unspecified atom stereocenters. The van der Waals surface area contributed by atoms with Crippen LogP contribution in [0.25, 0.3) is 0 Å². The van der Waals surface area contributed by atoms with E-state index in [4.69, 9.17) is 10.5 Å². The van der Waals surface area contributed by atoms with Crippen molar-refractivity contribution in [2.45, 2.75) is 11.8 Å². The molecular weight excluding hydrogens is 334 g/mol. The van der Waals surface area contributed by atoms with Gasteiger partial charge in [-0.2, -0.15) is 5.10 Å². The third-order valence-corrected chi connectivity index (χ3v) is 4.32. The standard InChI is InChI=1S/C18H25N5OS/c1-14(22-21-13-25-18-7-5-4-6-16(18)19)17-12-15(8-9-20-17)24-11-10-23(2)3/h4-9,12,21H,10-11,13,19H2,1-3H3/b22-14+. The summed E-state index contributed by atoms with van der Waals surface area (Å²) in [5, 5.41) is 4.37. The van der Waals surface area contributed by atoms with Gasteiger partial charge in [0.25, 0.3) is 0 Å². The number of likely N-dealkylation sites (N-methyl/N-ethyl adjacent to an activating group) is 1. The maximum atomic E-state index is 5.92. The number of aromatic nitrogens is 1. The number of hydrogen-bond acceptors (Lipinski definition) is 7. The monoisotopic (exact) mass is 359 g/mol. The summed E-state index contributed by atoms with van der Waals surface area (Å²) in [6.45, 7) is 3.42. The Bertz CT molecular complexity index is 705. The molecule has 134 valence electrons. The van der Waals surface area contributed by atoms with E-state index in [-0.39, 0.29) is 0 Å². The minimum Gasteiger partial charge on any atom is -0.492 e. The van der Waals surface area contributed by atoms with Crippen molar-refractivity contribution in [3.8, 4) is 5.75 Å². The summed E-state index contributed by atoms with van der Waals surface area (Å²) < 4.78 is 5.73. The Balaban J connectivity index is 1.85. The molecule has 0 amide bonds. The quantitative estimate of drug-likeness (QED) is 0.179. The van der Waals surface area contributed by atoms with Crippen LogP contribution in [-0.4, -0.2) is 48.7 Å². The van der Waals surface area contributed by atoms with Crippen LogP contribution in [0.15, 0.2) is 52.6 Å². The fourth-order valence-corrected chi connectivity index (χ4v) is 2.67. The molecule has 1 aromatic carbocycles. The molecule has 2 aromatic rings. The highest BCUT2D eigenvalue weighted by Crippen LogP contribution is 2.23. The lowest BCUT2D eigenvalue weighted by atomic mass is 10.2. The molecular formula is C18H25N5OS. The largest absolute Gasteiger partial charge is 0.492 e. The zero-order valence-corrected chi connectivity index (χ0v) is 15.7. The molecule has 0 aliphatic rings. The Morgan fingerprint density at radius 3 is 2.88 bits per heavy atom. The minimum atomic E-state index is 0.630. The molecule has 7 heteroatoms. The number of nitrogens with one attached hydrogen (secondary N) is 1. The van der Waals surface area contributed by atoms with Crippen molar-refractivity contribution in [3.63, 3.8) is 0 Å². The first kappa shape index (κ1) is 19.1. The third kappa shape index (κ3) is 6.64. The summed E-state index contributed by atoms with van der Waals surface area (Å²) in [6.07, 6.45) is 1.73. The fourth-order valence-electron chi connectivity index (χ4n) is 1.98. The van der Waals surface area contributed by atoms with Gasteiger partial charge in [-0.25, -0.2) is 0 Å². The second-order valence-corrected chi connectivity index (χ2v) is 6.73. The number of nitrogen functional groups attached to an aromatic ring is 1. The number of hydrogen-bond donors (Lipinski definition) is 2. The summed E-state index contributed by atoms with van der Waals surface area (Å²) >= 11 is 1.61. The molecule has 0 aliphatic carbocycles. The van der Waals surface area contributed by atoms with Crippen molar-refractivity contribution in [1.82, 2.24) is 15.3 Å². The lowest BCUT2D eigenvalue weighted by Crippen LogP contribution is -2.19. The van der Waals surface area contributed by atoms with Gasteiger partial charge in [0, 0.05) is 29.4 Å². The first-order valence-corrected chi connectivity index (χ1v) is 9.03. The number of nitrogens with zero attached hydrogens (tertiary/aromatic N) is 3. The number of para-hydroxylation sites is 1. The van der Waals surface area contributed by atoms with E-state index in [2.05, 4.69) is 20.4 Å². The van der Waals surface area contributed by atoms with E-state index in [0.717, 1.165) is 34.3 Å². The molecule has 0 aliphatic heterocycles. The average molecular weight is 359 g/mol. The predicted octanol–water partition coefficient (Wildman–Crippen LogP) is 2.67. The Hall–Kier alpha value is -2.25. The molecule has 0 bridgehead atoms. The van der Waals surface area contributed by atoms with Gasteiger partial charge in [0.1, 0.15) is 12.4 Å². The second kappa shape index (κ2) is 9.90. The Labute approximate surface area is 153 Å². The second-order valence-electron chi connectivity index (χ2n) is 5.71. The van der Waals surface area contributed by atoms with Crippen LogP contribution in [0.4, 0.5) is 5.69 Å². The number of thioether (sulfide) groups is 1. The molecule has 0 spiro atoms. The van der Waals surface area contributed by atoms with Crippen molar-refractivity contribution in [3.05, 3.63) is 48.3 Å². The maximum absolute atomic E-state index is 5.92. The molecule has 3 N–H and O–H groups in total. The van der Waals surface area contributed by atoms with Crippen LogP contribution >= 0.6 is 11.8 Å². The van der Waals surface area contributed by atoms with Crippen LogP contribution < -0.4 is 15.9 Å². The van der Waals surface area contributed by atoms with E-state index in [0.29, 0.717) is 12.5 Å². The van der Waals surface area contributed by atoms with Crippen LogP contribution in [-0.2, 0) is 0 Å². The first-order valence-electron chi connectivity index (χ1n) is 8.04. The van der Waals surface area contributed by atoms with Crippen molar-refractivity contribution in [2.24, 2.45) is 5.10 Å². The third-order valence-electron chi connectivity index (χ3n) is 3.37. The molecule has 1 aromatic heterocycles. The van der Waals surface area contributed by atoms with Crippen LogP contribution in [0, 0.1) is 0 Å². The van der Waals surface area contributed by atoms with Gasteiger partial charge in [-0.05, 0) is 39.2 Å². The average Bonchev–Trinajstić information content (AvgIpc) is 2.60. The number of benzene rings is 1. The fraction of sp³-hybridized carbons (Fsp3) is 0.333. The highest BCUT2D eigenvalue weighted by molar-refractivity contribution is 7.99. The molecule has 0 saturated carbocycles. The smallest absolute Gasteiger partial charge is 0.123 e. The molecule has 0 radical (unpaired) electrons. The normalized spacial score (nSPS) is 11.6. The highest BCUT2D eigenvalue weighted by atomic mass is 32.2. The van der Waals surface area contributed by atoms with Gasteiger partial charge >= 0.3 is 0 Å². The lowest BCUT2D eigenvalue weighted by molar-refractivity contribution is 0.261. The van der Waals surface area contributed by atoms with Gasteiger partial charge in [0.05, 0.1) is 17.3 Å². The number of nitrogens with two attached hydrogens (primary N) is 1. The van der Waals surface area contributed by atoms with Gasteiger partial charge in [-0.15, -0.1) is 11.8 Å². The van der Waals surface area contributed by atoms with Crippen LogP contribution in [0.5, 0.6) is 5.75 Å². The minimum absolute atomic E-state index is 0.630. The first-order chi connectivity index (χ1) is 12.1. The molecule has 0 saturated heterocycles. The number of pyridine rings is 1. The number of rotatable bonds is 9. The van der Waals surface area contributed by atoms with Crippen LogP contribution in [0.3, 0.4) is 0 Å². The summed E-state index contributed by atoms with van der Waals surface area (Å²) in [5.41, 5.74) is 11.3. The van der Waals surface area contributed by atoms with Crippen molar-refractivity contribution in [1.29, 1.82) is 0 Å². The van der Waals surface area contributed by atoms with E-state index in [9.17, 15) is 0 Å². The van der Waals surface area contributed by atoms with E-state index >= 15 is 0 Å². The zero-order valence-electron chi connectivity index (χ0n) is 14.9. The van der Waals surface area contributed by atoms with Gasteiger partial charge in [-0.3, -0.25) is 10.4 Å². The maximum Gasteiger partial charge on any atom is 0.123 e. The van der Waals surface area contributed by atoms with E-state index in [1.165, 1.54) is 0 Å². The molecule has 6 nitrogen and oxygen atoms in total. The lowest BCUT2D eigenvalue weighted by Gasteiger charge is -2.11. The van der Waals surface area contributed by atoms with Gasteiger partial charge < -0.3 is 15.4 Å². The SMILES string of the molecule is C/C(=N\NCSc1ccccc1N)c1cc(OCCN(C)C)ccn1. The molecule has 2 rings (SSSR count). The Morgan fingerprint density at radius 2 is 2.12 bits per heavy atom. The summed E-state index contributed by atoms with van der Waals surface area (Å²) in [7, 11) is 4.04. The van der Waals surface area contributed by atoms with E-state index < -0.39 is 0 Å². The molecule has 0 fully saturated rings. The molecule has 0 atom stereocenters. The van der Waals surface area contributed by atoms with Crippen molar-refractivity contribution >= 4 is 23.2 Å². The topological polar surface area (TPSA) is 75.8 Å². The van der Waals surface area contributed by atoms with Crippen molar-refractivity contribution in [2.75, 3.05) is 38.9 Å². The van der Waals surface area contributed by atoms with Gasteiger partial charge in [0.2, 0.25) is 0 Å². The van der Waals surface area contributed by atoms with E-state index in [1.807, 2.05) is 57.4 Å². The van der Waals surface area contributed by atoms with Crippen LogP contribution in [0.1, 0.15) is 12.6 Å². The number of anilines is 1. The van der Waals surface area contributed by atoms with Crippen LogP contribution in [0.2, 0.25) is 0 Å². The summed E-state index contributed by atoms with van der Waals surface area (Å²) in [4.78, 5) is 7.46. The Morgan fingerprint density at radius 1 is 1.32 bits per heavy atom. The molecule has 25 heavy (non-hydrogen) atoms. The summed E-state index contributed by atoms with van der Waals surface area (Å²) in [6, 6.07) is 11.5.